The summed E-state index contributed by atoms with van der Waals surface area (Å²) in [5.74, 6) is 0.546. The van der Waals surface area contributed by atoms with Crippen molar-refractivity contribution in [1.82, 2.24) is 0 Å². The first-order valence-corrected chi connectivity index (χ1v) is 11.7. The van der Waals surface area contributed by atoms with E-state index in [1.807, 2.05) is 0 Å². The monoisotopic (exact) mass is 398 g/mol. The van der Waals surface area contributed by atoms with Crippen molar-refractivity contribution in [2.75, 3.05) is 0 Å². The number of carboxylic acid groups (broad SMARTS) is 1. The minimum absolute atomic E-state index is 0.0812. The molecule has 4 aliphatic rings. The topological polar surface area (TPSA) is 77.8 Å². The maximum atomic E-state index is 11.2. The maximum absolute atomic E-state index is 11.2. The summed E-state index contributed by atoms with van der Waals surface area (Å²) in [5.41, 5.74) is -1.87. The summed E-state index contributed by atoms with van der Waals surface area (Å²) in [6.07, 6.45) is 9.45. The van der Waals surface area contributed by atoms with E-state index in [0.29, 0.717) is 36.0 Å². The van der Waals surface area contributed by atoms with Gasteiger partial charge in [-0.05, 0) is 97.6 Å². The Kier molecular flexibility index (Phi) is 5.47. The molecule has 6 heteroatoms. The molecule has 0 amide bonds. The maximum Gasteiger partial charge on any atom is 0.325 e. The van der Waals surface area contributed by atoms with Crippen LogP contribution in [0.15, 0.2) is 0 Å². The van der Waals surface area contributed by atoms with Gasteiger partial charge in [0.2, 0.25) is 0 Å². The minimum Gasteiger partial charge on any atom is -0.480 e. The van der Waals surface area contributed by atoms with E-state index in [1.165, 1.54) is 19.3 Å². The van der Waals surface area contributed by atoms with E-state index in [9.17, 15) is 15.0 Å². The van der Waals surface area contributed by atoms with E-state index in [4.69, 9.17) is 20.8 Å². The average molecular weight is 398 g/mol. The van der Waals surface area contributed by atoms with Gasteiger partial charge in [0.15, 0.2) is 0 Å². The second kappa shape index (κ2) is 7.29. The first kappa shape index (κ1) is 21.7. The molecule has 4 radical (unpaired) electrons. The molecule has 4 fully saturated rings. The molecule has 4 nitrogen and oxygen atoms in total. The molecule has 0 aromatic carbocycles. The van der Waals surface area contributed by atoms with Gasteiger partial charge in [-0.2, -0.15) is 0 Å². The van der Waals surface area contributed by atoms with E-state index in [2.05, 4.69) is 13.8 Å². The van der Waals surface area contributed by atoms with E-state index < -0.39 is 17.6 Å². The highest BCUT2D eigenvalue weighted by molar-refractivity contribution is 6.25. The number of carboxylic acids is 1. The van der Waals surface area contributed by atoms with Crippen LogP contribution in [-0.2, 0) is 4.79 Å². The van der Waals surface area contributed by atoms with Crippen molar-refractivity contribution in [2.45, 2.75) is 95.5 Å². The highest BCUT2D eigenvalue weighted by Crippen LogP contribution is 2.69. The van der Waals surface area contributed by atoms with Gasteiger partial charge in [0, 0.05) is 0 Å². The molecule has 4 aliphatic carbocycles. The zero-order chi connectivity index (χ0) is 21.2. The molecule has 29 heavy (non-hydrogen) atoms. The van der Waals surface area contributed by atoms with Gasteiger partial charge >= 0.3 is 5.97 Å². The van der Waals surface area contributed by atoms with Crippen LogP contribution in [0.2, 0.25) is 5.82 Å². The van der Waals surface area contributed by atoms with Gasteiger partial charge in [-0.3, -0.25) is 0 Å². The van der Waals surface area contributed by atoms with Crippen LogP contribution < -0.4 is 0 Å². The first-order chi connectivity index (χ1) is 13.5. The highest BCUT2D eigenvalue weighted by Gasteiger charge is 2.63. The number of fused-ring (bicyclic) bond motifs is 5. The van der Waals surface area contributed by atoms with Crippen molar-refractivity contribution < 1.29 is 20.1 Å². The van der Waals surface area contributed by atoms with Crippen molar-refractivity contribution in [3.8, 4) is 0 Å². The Bertz CT molecular complexity index is 655. The SMILES string of the molecule is [B]C1C2C(CCC3(C)C2CC[C@@H]3CCC([B])(O)C(=O)O)C2(C)CCCCC2[C@@H]1O. The number of aliphatic hydroxyl groups is 2. The lowest BCUT2D eigenvalue weighted by molar-refractivity contribution is -0.158. The van der Waals surface area contributed by atoms with E-state index >= 15 is 0 Å². The van der Waals surface area contributed by atoms with Crippen molar-refractivity contribution in [3.05, 3.63) is 0 Å². The molecule has 0 aromatic rings. The zero-order valence-corrected chi connectivity index (χ0v) is 18.0. The Morgan fingerprint density at radius 1 is 1.03 bits per heavy atom. The van der Waals surface area contributed by atoms with Gasteiger partial charge in [0.05, 0.1) is 14.0 Å². The fourth-order valence-electron chi connectivity index (χ4n) is 8.49. The molecule has 4 saturated carbocycles. The summed E-state index contributed by atoms with van der Waals surface area (Å²) in [6.45, 7) is 4.76. The molecular weight excluding hydrogens is 362 g/mol. The first-order valence-electron chi connectivity index (χ1n) is 11.7. The number of hydrogen-bond acceptors (Lipinski definition) is 3. The van der Waals surface area contributed by atoms with Crippen LogP contribution in [-0.4, -0.2) is 48.6 Å². The molecule has 0 aliphatic heterocycles. The fraction of sp³-hybridized carbons (Fsp3) is 0.957. The summed E-state index contributed by atoms with van der Waals surface area (Å²) in [5, 5.41) is 30.3. The third-order valence-corrected chi connectivity index (χ3v) is 10.2. The summed E-state index contributed by atoms with van der Waals surface area (Å²) in [6, 6.07) is 0. The Morgan fingerprint density at radius 2 is 1.72 bits per heavy atom. The number of hydrogen-bond donors (Lipinski definition) is 3. The molecular formula is C23H36B2O4. The fourth-order valence-corrected chi connectivity index (χ4v) is 8.49. The molecule has 158 valence electrons. The summed E-state index contributed by atoms with van der Waals surface area (Å²) in [7, 11) is 12.3. The summed E-state index contributed by atoms with van der Waals surface area (Å²) >= 11 is 0. The normalized spacial score (nSPS) is 51.4. The Balaban J connectivity index is 1.56. The Hall–Kier alpha value is -0.480. The van der Waals surface area contributed by atoms with Crippen LogP contribution in [0.25, 0.3) is 0 Å². The molecule has 0 bridgehead atoms. The lowest BCUT2D eigenvalue weighted by Crippen LogP contribution is -2.59. The molecule has 0 spiro atoms. The smallest absolute Gasteiger partial charge is 0.325 e. The summed E-state index contributed by atoms with van der Waals surface area (Å²) in [4.78, 5) is 11.2. The van der Waals surface area contributed by atoms with Gasteiger partial charge in [0.1, 0.15) is 13.3 Å². The number of aliphatic hydroxyl groups excluding tert-OH is 1. The average Bonchev–Trinajstić information content (AvgIpc) is 3.00. The molecule has 3 N–H and O–H groups in total. The third kappa shape index (κ3) is 3.23. The number of rotatable bonds is 4. The van der Waals surface area contributed by atoms with Crippen LogP contribution in [0.5, 0.6) is 0 Å². The second-order valence-corrected chi connectivity index (χ2v) is 11.3. The molecule has 0 aromatic heterocycles. The standard InChI is InChI=1S/C23H36B2O4/c1-21-11-9-15-17(18(24)19(26)16-5-3-4-10-22(15,16)2)14(21)7-6-13(21)8-12-23(25,29)20(27)28/h13-19,26,29H,3-12H2,1-2H3,(H,27,28)/t13-,14?,15?,16?,17?,18?,19+,21?,22?,23?/m1/s1. The van der Waals surface area contributed by atoms with Crippen molar-refractivity contribution in [1.29, 1.82) is 0 Å². The predicted octanol–water partition coefficient (Wildman–Crippen LogP) is 3.30. The number of aliphatic carboxylic acids is 1. The Morgan fingerprint density at radius 3 is 2.41 bits per heavy atom. The third-order valence-electron chi connectivity index (χ3n) is 10.2. The molecule has 10 atom stereocenters. The Labute approximate surface area is 178 Å². The van der Waals surface area contributed by atoms with Gasteiger partial charge < -0.3 is 15.3 Å². The molecule has 0 heterocycles. The van der Waals surface area contributed by atoms with Gasteiger partial charge in [-0.25, -0.2) is 4.79 Å². The van der Waals surface area contributed by atoms with E-state index in [0.717, 1.165) is 32.1 Å². The predicted molar refractivity (Wildman–Crippen MR) is 114 cm³/mol. The van der Waals surface area contributed by atoms with Crippen LogP contribution in [0.4, 0.5) is 0 Å². The van der Waals surface area contributed by atoms with Crippen LogP contribution >= 0.6 is 0 Å². The second-order valence-electron chi connectivity index (χ2n) is 11.3. The lowest BCUT2D eigenvalue weighted by Gasteiger charge is -2.64. The minimum atomic E-state index is -2.15. The van der Waals surface area contributed by atoms with Crippen LogP contribution in [0, 0.1) is 40.4 Å². The van der Waals surface area contributed by atoms with Crippen molar-refractivity contribution in [3.63, 3.8) is 0 Å². The van der Waals surface area contributed by atoms with Gasteiger partial charge in [-0.1, -0.05) is 26.7 Å². The number of carbonyl (C=O) groups is 1. The highest BCUT2D eigenvalue weighted by atomic mass is 16.4. The molecule has 4 rings (SSSR count). The van der Waals surface area contributed by atoms with E-state index in [-0.39, 0.29) is 23.1 Å². The summed E-state index contributed by atoms with van der Waals surface area (Å²) < 4.78 is 0. The lowest BCUT2D eigenvalue weighted by atomic mass is 9.39. The quantitative estimate of drug-likeness (QED) is 0.636. The largest absolute Gasteiger partial charge is 0.480 e. The van der Waals surface area contributed by atoms with Gasteiger partial charge in [0.25, 0.3) is 0 Å². The molecule has 8 unspecified atom stereocenters. The van der Waals surface area contributed by atoms with E-state index in [1.54, 1.807) is 0 Å². The van der Waals surface area contributed by atoms with Crippen molar-refractivity contribution >= 4 is 21.7 Å². The van der Waals surface area contributed by atoms with Crippen LogP contribution in [0.3, 0.4) is 0 Å². The zero-order valence-electron chi connectivity index (χ0n) is 18.0. The van der Waals surface area contributed by atoms with Crippen molar-refractivity contribution in [2.24, 2.45) is 40.4 Å². The van der Waals surface area contributed by atoms with Crippen LogP contribution in [0.1, 0.15) is 78.1 Å². The molecule has 0 saturated heterocycles. The van der Waals surface area contributed by atoms with Gasteiger partial charge in [-0.15, -0.1) is 0 Å².